The highest BCUT2D eigenvalue weighted by Gasteiger charge is 2.29. The van der Waals surface area contributed by atoms with Gasteiger partial charge in [0, 0.05) is 26.2 Å². The van der Waals surface area contributed by atoms with Crippen LogP contribution in [0.4, 0.5) is 4.79 Å². The number of benzene rings is 1. The number of fused-ring (bicyclic) bond motifs is 1. The second-order valence-electron chi connectivity index (χ2n) is 9.14. The molecule has 1 aliphatic heterocycles. The van der Waals surface area contributed by atoms with Crippen LogP contribution >= 0.6 is 0 Å². The Balaban J connectivity index is 1.84. The van der Waals surface area contributed by atoms with Gasteiger partial charge in [-0.2, -0.15) is 0 Å². The number of hydrogen-bond donors (Lipinski definition) is 0. The molecule has 0 radical (unpaired) electrons. The number of ether oxygens (including phenoxy) is 1. The molecular weight excluding hydrogens is 384 g/mol. The Morgan fingerprint density at radius 2 is 1.84 bits per heavy atom. The zero-order valence-corrected chi connectivity index (χ0v) is 19.4. The lowest BCUT2D eigenvalue weighted by Crippen LogP contribution is -2.50. The molecule has 4 heteroatoms. The van der Waals surface area contributed by atoms with Gasteiger partial charge in [-0.15, -0.1) is 0 Å². The van der Waals surface area contributed by atoms with Gasteiger partial charge in [-0.25, -0.2) is 4.79 Å². The normalized spacial score (nSPS) is 23.5. The number of rotatable bonds is 3. The van der Waals surface area contributed by atoms with Gasteiger partial charge in [-0.05, 0) is 57.2 Å². The summed E-state index contributed by atoms with van der Waals surface area (Å²) in [6.45, 7) is 10.8. The largest absolute Gasteiger partial charge is 0.444 e. The topological polar surface area (TPSA) is 32.8 Å². The van der Waals surface area contributed by atoms with Crippen LogP contribution in [0.2, 0.25) is 0 Å². The summed E-state index contributed by atoms with van der Waals surface area (Å²) in [5, 5.41) is 0. The predicted octanol–water partition coefficient (Wildman–Crippen LogP) is 6.15. The van der Waals surface area contributed by atoms with E-state index < -0.39 is 5.60 Å². The van der Waals surface area contributed by atoms with Crippen molar-refractivity contribution < 1.29 is 9.53 Å². The number of allylic oxidation sites excluding steroid dienone is 6. The smallest absolute Gasteiger partial charge is 0.410 e. The molecule has 0 N–H and O–H groups in total. The van der Waals surface area contributed by atoms with E-state index in [1.807, 2.05) is 32.6 Å². The van der Waals surface area contributed by atoms with E-state index in [4.69, 9.17) is 4.74 Å². The third-order valence-corrected chi connectivity index (χ3v) is 5.56. The van der Waals surface area contributed by atoms with Crippen LogP contribution in [0.25, 0.3) is 6.08 Å². The van der Waals surface area contributed by atoms with Crippen molar-refractivity contribution in [2.45, 2.75) is 52.2 Å². The first-order chi connectivity index (χ1) is 14.9. The standard InChI is InChI=1S/C27H36N2O2/c1-5-6-7-12-22-13-8-9-14-23-15-10-11-16-24(23)25(21-22)28-17-19-29(20-18-28)26(30)31-27(2,3)4/h5-7,9-12,14-16,21,25H,8,13,17-20H2,1-4H3/b6-5-,12-7-,14-9-,22-21-. The summed E-state index contributed by atoms with van der Waals surface area (Å²) in [5.41, 5.74) is 3.48. The molecule has 0 saturated carbocycles. The summed E-state index contributed by atoms with van der Waals surface area (Å²) >= 11 is 0. The fourth-order valence-electron chi connectivity index (χ4n) is 4.01. The van der Waals surface area contributed by atoms with E-state index in [0.29, 0.717) is 13.1 Å². The highest BCUT2D eigenvalue weighted by atomic mass is 16.6. The maximum Gasteiger partial charge on any atom is 0.410 e. The van der Waals surface area contributed by atoms with Gasteiger partial charge in [0.1, 0.15) is 5.60 Å². The quantitative estimate of drug-likeness (QED) is 0.550. The van der Waals surface area contributed by atoms with Gasteiger partial charge in [0.25, 0.3) is 0 Å². The van der Waals surface area contributed by atoms with Gasteiger partial charge in [0.15, 0.2) is 0 Å². The van der Waals surface area contributed by atoms with Gasteiger partial charge >= 0.3 is 6.09 Å². The molecule has 1 amide bonds. The van der Waals surface area contributed by atoms with E-state index in [-0.39, 0.29) is 12.1 Å². The molecule has 1 fully saturated rings. The minimum atomic E-state index is -0.464. The summed E-state index contributed by atoms with van der Waals surface area (Å²) in [7, 11) is 0. The molecule has 2 aliphatic rings. The Bertz CT molecular complexity index is 865. The lowest BCUT2D eigenvalue weighted by molar-refractivity contribution is 0.0121. The van der Waals surface area contributed by atoms with Crippen molar-refractivity contribution >= 4 is 12.2 Å². The fourth-order valence-corrected chi connectivity index (χ4v) is 4.01. The van der Waals surface area contributed by atoms with Crippen LogP contribution in [0, 0.1) is 0 Å². The molecular formula is C27H36N2O2. The average Bonchev–Trinajstić information content (AvgIpc) is 2.82. The molecule has 31 heavy (non-hydrogen) atoms. The minimum absolute atomic E-state index is 0.185. The lowest BCUT2D eigenvalue weighted by Gasteiger charge is -2.39. The van der Waals surface area contributed by atoms with E-state index in [1.165, 1.54) is 16.7 Å². The molecule has 1 saturated heterocycles. The zero-order valence-electron chi connectivity index (χ0n) is 19.4. The highest BCUT2D eigenvalue weighted by Crippen LogP contribution is 2.31. The zero-order chi connectivity index (χ0) is 22.3. The van der Waals surface area contributed by atoms with Crippen molar-refractivity contribution in [2.75, 3.05) is 26.2 Å². The van der Waals surface area contributed by atoms with Crippen molar-refractivity contribution in [3.63, 3.8) is 0 Å². The maximum absolute atomic E-state index is 12.5. The molecule has 1 aromatic rings. The van der Waals surface area contributed by atoms with Crippen LogP contribution in [0.15, 0.2) is 66.3 Å². The number of hydrogen-bond acceptors (Lipinski definition) is 3. The van der Waals surface area contributed by atoms with Crippen molar-refractivity contribution in [3.8, 4) is 0 Å². The van der Waals surface area contributed by atoms with Crippen LogP contribution in [-0.2, 0) is 4.74 Å². The SMILES string of the molecule is C\C=C/C=C\C1=C\C(N2CCN(C(=O)OC(C)(C)C)CC2)c2ccccc2/C=C\CC1. The minimum Gasteiger partial charge on any atom is -0.444 e. The predicted molar refractivity (Wildman–Crippen MR) is 129 cm³/mol. The Morgan fingerprint density at radius 1 is 1.10 bits per heavy atom. The number of carbonyl (C=O) groups is 1. The first-order valence-corrected chi connectivity index (χ1v) is 11.3. The third kappa shape index (κ3) is 6.70. The molecule has 1 unspecified atom stereocenters. The Morgan fingerprint density at radius 3 is 2.55 bits per heavy atom. The molecule has 0 bridgehead atoms. The first-order valence-electron chi connectivity index (χ1n) is 11.3. The monoisotopic (exact) mass is 420 g/mol. The molecule has 1 atom stereocenters. The summed E-state index contributed by atoms with van der Waals surface area (Å²) in [4.78, 5) is 16.8. The van der Waals surface area contributed by atoms with Crippen molar-refractivity contribution in [3.05, 3.63) is 77.4 Å². The van der Waals surface area contributed by atoms with E-state index >= 15 is 0 Å². The first kappa shape index (κ1) is 23.1. The number of amides is 1. The molecule has 166 valence electrons. The van der Waals surface area contributed by atoms with E-state index in [0.717, 1.165) is 25.9 Å². The lowest BCUT2D eigenvalue weighted by atomic mass is 9.96. The second-order valence-corrected chi connectivity index (χ2v) is 9.14. The summed E-state index contributed by atoms with van der Waals surface area (Å²) < 4.78 is 5.57. The van der Waals surface area contributed by atoms with Crippen LogP contribution < -0.4 is 0 Å². The molecule has 0 spiro atoms. The molecule has 1 heterocycles. The summed E-state index contributed by atoms with van der Waals surface area (Å²) in [6.07, 6.45) is 17.3. The van der Waals surface area contributed by atoms with Gasteiger partial charge < -0.3 is 9.64 Å². The Hall–Kier alpha value is -2.59. The number of nitrogens with zero attached hydrogens (tertiary/aromatic N) is 2. The van der Waals surface area contributed by atoms with Crippen molar-refractivity contribution in [1.29, 1.82) is 0 Å². The highest BCUT2D eigenvalue weighted by molar-refractivity contribution is 5.68. The maximum atomic E-state index is 12.5. The van der Waals surface area contributed by atoms with Gasteiger partial charge in [0.2, 0.25) is 0 Å². The van der Waals surface area contributed by atoms with Crippen LogP contribution in [-0.4, -0.2) is 47.7 Å². The number of piperazine rings is 1. The fraction of sp³-hybridized carbons (Fsp3) is 0.444. The third-order valence-electron chi connectivity index (χ3n) is 5.56. The van der Waals surface area contributed by atoms with Gasteiger partial charge in [-0.1, -0.05) is 66.8 Å². The molecule has 3 rings (SSSR count). The van der Waals surface area contributed by atoms with Crippen LogP contribution in [0.5, 0.6) is 0 Å². The van der Waals surface area contributed by atoms with E-state index in [1.54, 1.807) is 0 Å². The molecule has 0 aromatic heterocycles. The second kappa shape index (κ2) is 10.6. The van der Waals surface area contributed by atoms with Crippen molar-refractivity contribution in [1.82, 2.24) is 9.80 Å². The Labute approximate surface area is 187 Å². The van der Waals surface area contributed by atoms with Gasteiger partial charge in [0.05, 0.1) is 6.04 Å². The van der Waals surface area contributed by atoms with Crippen LogP contribution in [0.1, 0.15) is 57.7 Å². The summed E-state index contributed by atoms with van der Waals surface area (Å²) in [6, 6.07) is 8.85. The number of carbonyl (C=O) groups excluding carboxylic acids is 1. The van der Waals surface area contributed by atoms with E-state index in [2.05, 4.69) is 71.7 Å². The molecule has 1 aliphatic carbocycles. The Kier molecular flexibility index (Phi) is 7.91. The average molecular weight is 421 g/mol. The van der Waals surface area contributed by atoms with E-state index in [9.17, 15) is 4.79 Å². The molecule has 4 nitrogen and oxygen atoms in total. The van der Waals surface area contributed by atoms with Crippen molar-refractivity contribution in [2.24, 2.45) is 0 Å². The van der Waals surface area contributed by atoms with Gasteiger partial charge in [-0.3, -0.25) is 4.90 Å². The molecule has 1 aromatic carbocycles. The summed E-state index contributed by atoms with van der Waals surface area (Å²) in [5.74, 6) is 0. The van der Waals surface area contributed by atoms with Crippen LogP contribution in [0.3, 0.4) is 0 Å².